The van der Waals surface area contributed by atoms with E-state index in [0.29, 0.717) is 9.88 Å². The lowest BCUT2D eigenvalue weighted by atomic mass is 10.3. The van der Waals surface area contributed by atoms with Gasteiger partial charge in [0.2, 0.25) is 0 Å². The van der Waals surface area contributed by atoms with Gasteiger partial charge in [0.25, 0.3) is 0 Å². The second kappa shape index (κ2) is 4.98. The van der Waals surface area contributed by atoms with Crippen LogP contribution in [0.5, 0.6) is 0 Å². The average molecular weight is 331 g/mol. The van der Waals surface area contributed by atoms with E-state index in [2.05, 4.69) is 4.98 Å². The average Bonchev–Trinajstić information content (AvgIpc) is 3.06. The third kappa shape index (κ3) is 2.65. The van der Waals surface area contributed by atoms with Gasteiger partial charge in [0.05, 0.1) is 15.3 Å². The molecule has 0 spiro atoms. The number of hydrogen-bond donors (Lipinski definition) is 0. The fraction of sp³-hybridized carbons (Fsp3) is 0.154. The van der Waals surface area contributed by atoms with Crippen molar-refractivity contribution in [1.82, 2.24) is 4.98 Å². The number of rotatable bonds is 2. The van der Waals surface area contributed by atoms with Crippen molar-refractivity contribution in [3.05, 3.63) is 40.2 Å². The Kier molecular flexibility index (Phi) is 3.43. The molecule has 0 bridgehead atoms. The van der Waals surface area contributed by atoms with Crippen LogP contribution in [0.3, 0.4) is 0 Å². The van der Waals surface area contributed by atoms with E-state index in [0.717, 1.165) is 32.5 Å². The summed E-state index contributed by atoms with van der Waals surface area (Å²) in [5.41, 5.74) is -0.610. The highest BCUT2D eigenvalue weighted by atomic mass is 32.1. The molecule has 3 rings (SSSR count). The predicted octanol–water partition coefficient (Wildman–Crippen LogP) is 5.93. The number of aromatic nitrogens is 1. The van der Waals surface area contributed by atoms with Crippen molar-refractivity contribution in [2.45, 2.75) is 13.1 Å². The van der Waals surface area contributed by atoms with Crippen LogP contribution >= 0.6 is 34.0 Å². The number of hydrogen-bond acceptors (Lipinski definition) is 4. The summed E-state index contributed by atoms with van der Waals surface area (Å²) in [6, 6.07) is 5.19. The molecule has 3 heterocycles. The van der Waals surface area contributed by atoms with Gasteiger partial charge in [-0.1, -0.05) is 0 Å². The molecule has 7 heteroatoms. The van der Waals surface area contributed by atoms with Gasteiger partial charge < -0.3 is 0 Å². The highest BCUT2D eigenvalue weighted by Gasteiger charge is 2.32. The van der Waals surface area contributed by atoms with Crippen molar-refractivity contribution in [2.24, 2.45) is 0 Å². The van der Waals surface area contributed by atoms with Gasteiger partial charge >= 0.3 is 6.18 Å². The fourth-order valence-corrected chi connectivity index (χ4v) is 4.51. The summed E-state index contributed by atoms with van der Waals surface area (Å²) in [5, 5.41) is 1.76. The van der Waals surface area contributed by atoms with E-state index in [4.69, 9.17) is 0 Å². The summed E-state index contributed by atoms with van der Waals surface area (Å²) in [5.74, 6) is 0. The first-order valence-electron chi connectivity index (χ1n) is 5.62. The Balaban J connectivity index is 1.92. The molecule has 104 valence electrons. The van der Waals surface area contributed by atoms with Crippen molar-refractivity contribution < 1.29 is 13.2 Å². The highest BCUT2D eigenvalue weighted by Crippen LogP contribution is 2.40. The maximum absolute atomic E-state index is 12.6. The second-order valence-corrected chi connectivity index (χ2v) is 7.37. The monoisotopic (exact) mass is 331 g/mol. The van der Waals surface area contributed by atoms with Crippen LogP contribution in [0.15, 0.2) is 29.8 Å². The van der Waals surface area contributed by atoms with Crippen LogP contribution < -0.4 is 0 Å². The van der Waals surface area contributed by atoms with Crippen molar-refractivity contribution in [2.75, 3.05) is 0 Å². The molecular weight excluding hydrogens is 323 g/mol. The lowest BCUT2D eigenvalue weighted by Gasteiger charge is -2.00. The molecule has 0 fully saturated rings. The van der Waals surface area contributed by atoms with Crippen molar-refractivity contribution in [3.8, 4) is 19.6 Å². The van der Waals surface area contributed by atoms with Gasteiger partial charge in [-0.2, -0.15) is 13.2 Å². The molecule has 3 aromatic rings. The molecule has 0 radical (unpaired) electrons. The van der Waals surface area contributed by atoms with E-state index in [-0.39, 0.29) is 0 Å². The molecule has 0 aliphatic rings. The first-order valence-corrected chi connectivity index (χ1v) is 8.13. The van der Waals surface area contributed by atoms with E-state index < -0.39 is 11.7 Å². The lowest BCUT2D eigenvalue weighted by Crippen LogP contribution is -2.01. The number of halogens is 3. The molecule has 0 atom stereocenters. The van der Waals surface area contributed by atoms with Gasteiger partial charge in [0, 0.05) is 21.3 Å². The van der Waals surface area contributed by atoms with Crippen LogP contribution in [-0.4, -0.2) is 4.98 Å². The molecule has 0 aliphatic carbocycles. The van der Waals surface area contributed by atoms with Gasteiger partial charge in [-0.3, -0.25) is 0 Å². The van der Waals surface area contributed by atoms with Crippen LogP contribution in [0.2, 0.25) is 0 Å². The number of thiazole rings is 1. The molecular formula is C13H8F3NS3. The van der Waals surface area contributed by atoms with E-state index in [1.54, 1.807) is 17.5 Å². The maximum atomic E-state index is 12.6. The Morgan fingerprint density at radius 2 is 1.85 bits per heavy atom. The number of alkyl halides is 3. The van der Waals surface area contributed by atoms with Crippen molar-refractivity contribution in [3.63, 3.8) is 0 Å². The SMILES string of the molecule is Cc1ccc(-c2cnc(-c3cc(C(F)(F)F)cs3)s2)s1. The molecule has 0 amide bonds. The van der Waals surface area contributed by atoms with Crippen LogP contribution in [0.4, 0.5) is 13.2 Å². The quantitative estimate of drug-likeness (QED) is 0.567. The first-order chi connectivity index (χ1) is 9.43. The summed E-state index contributed by atoms with van der Waals surface area (Å²) >= 11 is 4.15. The summed E-state index contributed by atoms with van der Waals surface area (Å²) in [6.07, 6.45) is -2.57. The lowest BCUT2D eigenvalue weighted by molar-refractivity contribution is -0.137. The third-order valence-corrected chi connectivity index (χ3v) is 5.92. The minimum absolute atomic E-state index is 0.557. The minimum atomic E-state index is -4.29. The van der Waals surface area contributed by atoms with Crippen molar-refractivity contribution >= 4 is 34.0 Å². The van der Waals surface area contributed by atoms with E-state index in [1.807, 2.05) is 19.1 Å². The zero-order valence-corrected chi connectivity index (χ0v) is 12.6. The summed E-state index contributed by atoms with van der Waals surface area (Å²) in [6.45, 7) is 2.02. The zero-order valence-electron chi connectivity index (χ0n) is 10.2. The van der Waals surface area contributed by atoms with Crippen molar-refractivity contribution in [1.29, 1.82) is 0 Å². The molecule has 0 unspecified atom stereocenters. The zero-order chi connectivity index (χ0) is 14.3. The van der Waals surface area contributed by atoms with E-state index in [9.17, 15) is 13.2 Å². The molecule has 0 aliphatic heterocycles. The van der Waals surface area contributed by atoms with Gasteiger partial charge in [-0.25, -0.2) is 4.98 Å². The normalized spacial score (nSPS) is 12.0. The van der Waals surface area contributed by atoms with Gasteiger partial charge in [-0.05, 0) is 25.1 Å². The molecule has 0 aromatic carbocycles. The van der Waals surface area contributed by atoms with Gasteiger partial charge in [0.1, 0.15) is 5.01 Å². The Morgan fingerprint density at radius 1 is 1.05 bits per heavy atom. The summed E-state index contributed by atoms with van der Waals surface area (Å²) in [7, 11) is 0. The highest BCUT2D eigenvalue weighted by molar-refractivity contribution is 7.25. The van der Waals surface area contributed by atoms with Gasteiger partial charge in [0.15, 0.2) is 0 Å². The number of nitrogens with zero attached hydrogens (tertiary/aromatic N) is 1. The van der Waals surface area contributed by atoms with Crippen LogP contribution in [0, 0.1) is 6.92 Å². The standard InChI is InChI=1S/C13H8F3NS3/c1-7-2-3-9(19-7)11-5-17-12(20-11)10-4-8(6-18-10)13(14,15)16/h2-6H,1H3. The Bertz CT molecular complexity index is 736. The largest absolute Gasteiger partial charge is 0.417 e. The topological polar surface area (TPSA) is 12.9 Å². The second-order valence-electron chi connectivity index (χ2n) is 4.14. The minimum Gasteiger partial charge on any atom is -0.243 e. The Labute approximate surface area is 125 Å². The number of aryl methyl sites for hydroxylation is 1. The molecule has 0 saturated carbocycles. The predicted molar refractivity (Wildman–Crippen MR) is 78.5 cm³/mol. The first kappa shape index (κ1) is 13.8. The summed E-state index contributed by atoms with van der Waals surface area (Å²) in [4.78, 5) is 8.07. The van der Waals surface area contributed by atoms with Gasteiger partial charge in [-0.15, -0.1) is 34.0 Å². The maximum Gasteiger partial charge on any atom is 0.417 e. The molecule has 0 saturated heterocycles. The van der Waals surface area contributed by atoms with Crippen LogP contribution in [0.1, 0.15) is 10.4 Å². The Hall–Kier alpha value is -1.18. The van der Waals surface area contributed by atoms with Crippen LogP contribution in [0.25, 0.3) is 19.6 Å². The fourth-order valence-electron chi connectivity index (χ4n) is 1.67. The van der Waals surface area contributed by atoms with E-state index >= 15 is 0 Å². The third-order valence-electron chi connectivity index (χ3n) is 2.63. The molecule has 1 nitrogen and oxygen atoms in total. The van der Waals surface area contributed by atoms with E-state index in [1.165, 1.54) is 16.2 Å². The molecule has 20 heavy (non-hydrogen) atoms. The molecule has 0 N–H and O–H groups in total. The Morgan fingerprint density at radius 3 is 2.45 bits per heavy atom. The van der Waals surface area contributed by atoms with Crippen LogP contribution in [-0.2, 0) is 6.18 Å². The molecule has 3 aromatic heterocycles. The smallest absolute Gasteiger partial charge is 0.243 e. The summed E-state index contributed by atoms with van der Waals surface area (Å²) < 4.78 is 37.7. The number of thiophene rings is 2.